The predicted octanol–water partition coefficient (Wildman–Crippen LogP) is -2.87. The third-order valence-electron chi connectivity index (χ3n) is 1.32. The van der Waals surface area contributed by atoms with Gasteiger partial charge >= 0.3 is 0 Å². The van der Waals surface area contributed by atoms with E-state index in [9.17, 15) is 14.4 Å². The number of primary amides is 2. The van der Waals surface area contributed by atoms with Gasteiger partial charge in [0, 0.05) is 5.75 Å². The van der Waals surface area contributed by atoms with Crippen molar-refractivity contribution in [1.29, 1.82) is 0 Å². The molecule has 0 aromatic carbocycles. The highest BCUT2D eigenvalue weighted by Gasteiger charge is 2.13. The third kappa shape index (κ3) is 7.77. The van der Waals surface area contributed by atoms with E-state index in [4.69, 9.17) is 17.2 Å². The van der Waals surface area contributed by atoms with E-state index < -0.39 is 23.8 Å². The van der Waals surface area contributed by atoms with Gasteiger partial charge in [-0.05, 0) is 0 Å². The molecular weight excluding hydrogens is 220 g/mol. The molecule has 0 aliphatic rings. The quantitative estimate of drug-likeness (QED) is 0.374. The molecule has 0 rings (SSSR count). The summed E-state index contributed by atoms with van der Waals surface area (Å²) in [6.45, 7) is -0.243. The SMILES string of the molecule is NC(=O)CNC(=O)C(N)CSCC(N)=O. The molecule has 15 heavy (non-hydrogen) atoms. The standard InChI is InChI=1S/C7H14N4O3S/c8-4(2-15-3-6(10)13)7(14)11-1-5(9)12/h4H,1-3,8H2,(H2,9,12)(H2,10,13)(H,11,14). The van der Waals surface area contributed by atoms with Crippen LogP contribution in [0.2, 0.25) is 0 Å². The van der Waals surface area contributed by atoms with Gasteiger partial charge < -0.3 is 22.5 Å². The highest BCUT2D eigenvalue weighted by molar-refractivity contribution is 8.00. The van der Waals surface area contributed by atoms with Gasteiger partial charge in [-0.15, -0.1) is 11.8 Å². The van der Waals surface area contributed by atoms with Gasteiger partial charge in [0.05, 0.1) is 18.3 Å². The number of hydrogen-bond acceptors (Lipinski definition) is 5. The minimum absolute atomic E-state index is 0.108. The van der Waals surface area contributed by atoms with Gasteiger partial charge in [0.15, 0.2) is 0 Å². The lowest BCUT2D eigenvalue weighted by Gasteiger charge is -2.10. The summed E-state index contributed by atoms with van der Waals surface area (Å²) in [5.41, 5.74) is 15.2. The molecule has 7 N–H and O–H groups in total. The van der Waals surface area contributed by atoms with E-state index in [0.29, 0.717) is 0 Å². The Kier molecular flexibility index (Phi) is 6.47. The molecule has 86 valence electrons. The molecule has 0 saturated carbocycles. The van der Waals surface area contributed by atoms with Crippen molar-refractivity contribution in [1.82, 2.24) is 5.32 Å². The monoisotopic (exact) mass is 234 g/mol. The summed E-state index contributed by atoms with van der Waals surface area (Å²) in [4.78, 5) is 31.8. The van der Waals surface area contributed by atoms with Gasteiger partial charge in [-0.1, -0.05) is 0 Å². The minimum atomic E-state index is -0.784. The summed E-state index contributed by atoms with van der Waals surface area (Å²) in [7, 11) is 0. The lowest BCUT2D eigenvalue weighted by atomic mass is 10.3. The number of nitrogens with one attached hydrogen (secondary N) is 1. The van der Waals surface area contributed by atoms with Crippen LogP contribution in [0.15, 0.2) is 0 Å². The zero-order valence-corrected chi connectivity index (χ0v) is 8.88. The zero-order chi connectivity index (χ0) is 11.8. The smallest absolute Gasteiger partial charge is 0.238 e. The minimum Gasteiger partial charge on any atom is -0.369 e. The Bertz CT molecular complexity index is 259. The molecule has 0 aromatic heterocycles. The second-order valence-electron chi connectivity index (χ2n) is 2.77. The van der Waals surface area contributed by atoms with Crippen LogP contribution in [0.4, 0.5) is 0 Å². The van der Waals surface area contributed by atoms with Crippen LogP contribution in [0.3, 0.4) is 0 Å². The first-order valence-corrected chi connectivity index (χ1v) is 5.26. The summed E-state index contributed by atoms with van der Waals surface area (Å²) >= 11 is 1.16. The summed E-state index contributed by atoms with van der Waals surface area (Å²) in [6, 6.07) is -0.784. The van der Waals surface area contributed by atoms with E-state index in [1.807, 2.05) is 0 Å². The highest BCUT2D eigenvalue weighted by atomic mass is 32.2. The molecule has 0 aliphatic carbocycles. The second kappa shape index (κ2) is 7.07. The van der Waals surface area contributed by atoms with Gasteiger partial charge in [0.25, 0.3) is 0 Å². The number of nitrogens with two attached hydrogens (primary N) is 3. The molecule has 1 unspecified atom stereocenters. The van der Waals surface area contributed by atoms with Gasteiger partial charge in [0.2, 0.25) is 17.7 Å². The Labute approximate surface area is 91.1 Å². The molecule has 0 aliphatic heterocycles. The Morgan fingerprint density at radius 1 is 1.20 bits per heavy atom. The van der Waals surface area contributed by atoms with Crippen molar-refractivity contribution < 1.29 is 14.4 Å². The van der Waals surface area contributed by atoms with Crippen molar-refractivity contribution in [2.75, 3.05) is 18.1 Å². The van der Waals surface area contributed by atoms with Gasteiger partial charge in [-0.2, -0.15) is 0 Å². The third-order valence-corrected chi connectivity index (χ3v) is 2.40. The van der Waals surface area contributed by atoms with Crippen molar-refractivity contribution >= 4 is 29.5 Å². The van der Waals surface area contributed by atoms with Crippen LogP contribution in [-0.2, 0) is 14.4 Å². The topological polar surface area (TPSA) is 141 Å². The van der Waals surface area contributed by atoms with Crippen LogP contribution in [-0.4, -0.2) is 41.8 Å². The van der Waals surface area contributed by atoms with Crippen molar-refractivity contribution in [3.8, 4) is 0 Å². The second-order valence-corrected chi connectivity index (χ2v) is 3.80. The van der Waals surface area contributed by atoms with Crippen LogP contribution in [0.5, 0.6) is 0 Å². The first-order chi connectivity index (χ1) is 6.93. The van der Waals surface area contributed by atoms with E-state index in [-0.39, 0.29) is 18.1 Å². The molecule has 0 radical (unpaired) electrons. The van der Waals surface area contributed by atoms with Crippen molar-refractivity contribution in [3.05, 3.63) is 0 Å². The van der Waals surface area contributed by atoms with E-state index in [2.05, 4.69) is 5.32 Å². The zero-order valence-electron chi connectivity index (χ0n) is 8.06. The molecule has 0 spiro atoms. The maximum atomic E-state index is 11.1. The number of thioether (sulfide) groups is 1. The average molecular weight is 234 g/mol. The first-order valence-electron chi connectivity index (χ1n) is 4.11. The lowest BCUT2D eigenvalue weighted by molar-refractivity contribution is -0.125. The van der Waals surface area contributed by atoms with E-state index in [1.54, 1.807) is 0 Å². The summed E-state index contributed by atoms with van der Waals surface area (Å²) < 4.78 is 0. The fourth-order valence-electron chi connectivity index (χ4n) is 0.667. The maximum Gasteiger partial charge on any atom is 0.238 e. The predicted molar refractivity (Wildman–Crippen MR) is 56.7 cm³/mol. The van der Waals surface area contributed by atoms with Crippen LogP contribution in [0.25, 0.3) is 0 Å². The molecule has 0 heterocycles. The number of carbonyl (C=O) groups excluding carboxylic acids is 3. The lowest BCUT2D eigenvalue weighted by Crippen LogP contribution is -2.45. The molecule has 1 atom stereocenters. The Hall–Kier alpha value is -1.28. The molecular formula is C7H14N4O3S. The number of carbonyl (C=O) groups is 3. The van der Waals surface area contributed by atoms with Gasteiger partial charge in [-0.3, -0.25) is 14.4 Å². The molecule has 0 saturated heterocycles. The van der Waals surface area contributed by atoms with Crippen LogP contribution < -0.4 is 22.5 Å². The van der Waals surface area contributed by atoms with Crippen LogP contribution >= 0.6 is 11.8 Å². The largest absolute Gasteiger partial charge is 0.369 e. The van der Waals surface area contributed by atoms with Gasteiger partial charge in [-0.25, -0.2) is 0 Å². The van der Waals surface area contributed by atoms with E-state index in [1.165, 1.54) is 0 Å². The van der Waals surface area contributed by atoms with Crippen LogP contribution in [0.1, 0.15) is 0 Å². The van der Waals surface area contributed by atoms with Crippen molar-refractivity contribution in [2.24, 2.45) is 17.2 Å². The summed E-state index contributed by atoms with van der Waals surface area (Å²) in [5, 5.41) is 2.25. The molecule has 8 heteroatoms. The Morgan fingerprint density at radius 3 is 2.27 bits per heavy atom. The molecule has 0 aromatic rings. The summed E-state index contributed by atoms with van der Waals surface area (Å²) in [5.74, 6) is -1.22. The number of rotatable bonds is 7. The Morgan fingerprint density at radius 2 is 1.80 bits per heavy atom. The molecule has 3 amide bonds. The molecule has 0 fully saturated rings. The van der Waals surface area contributed by atoms with Crippen molar-refractivity contribution in [3.63, 3.8) is 0 Å². The normalized spacial score (nSPS) is 11.8. The van der Waals surface area contributed by atoms with Crippen molar-refractivity contribution in [2.45, 2.75) is 6.04 Å². The summed E-state index contributed by atoms with van der Waals surface area (Å²) in [6.07, 6.45) is 0. The fraction of sp³-hybridized carbons (Fsp3) is 0.571. The fourth-order valence-corrected chi connectivity index (χ4v) is 1.39. The number of amides is 3. The van der Waals surface area contributed by atoms with E-state index >= 15 is 0 Å². The molecule has 0 bridgehead atoms. The van der Waals surface area contributed by atoms with Gasteiger partial charge in [0.1, 0.15) is 0 Å². The average Bonchev–Trinajstić information content (AvgIpc) is 2.13. The van der Waals surface area contributed by atoms with Crippen LogP contribution in [0, 0.1) is 0 Å². The van der Waals surface area contributed by atoms with E-state index in [0.717, 1.165) is 11.8 Å². The number of hydrogen-bond donors (Lipinski definition) is 4. The Balaban J connectivity index is 3.69. The first kappa shape index (κ1) is 13.7. The highest BCUT2D eigenvalue weighted by Crippen LogP contribution is 2.00. The maximum absolute atomic E-state index is 11.1. The molecule has 7 nitrogen and oxygen atoms in total.